The van der Waals surface area contributed by atoms with Gasteiger partial charge < -0.3 is 4.57 Å². The second kappa shape index (κ2) is 5.70. The van der Waals surface area contributed by atoms with E-state index in [2.05, 4.69) is 17.7 Å². The lowest BCUT2D eigenvalue weighted by Gasteiger charge is -2.23. The third-order valence-corrected chi connectivity index (χ3v) is 5.36. The summed E-state index contributed by atoms with van der Waals surface area (Å²) < 4.78 is 2.36. The summed E-state index contributed by atoms with van der Waals surface area (Å²) >= 11 is 7.62. The highest BCUT2D eigenvalue weighted by Gasteiger charge is 2.30. The van der Waals surface area contributed by atoms with Crippen molar-refractivity contribution in [3.63, 3.8) is 0 Å². The first-order valence-electron chi connectivity index (χ1n) is 6.40. The lowest BCUT2D eigenvalue weighted by Crippen LogP contribution is -2.18. The van der Waals surface area contributed by atoms with Crippen LogP contribution in [0.15, 0.2) is 6.07 Å². The quantitative estimate of drug-likeness (QED) is 0.616. The van der Waals surface area contributed by atoms with Gasteiger partial charge in [0.15, 0.2) is 5.78 Å². The molecule has 0 aliphatic heterocycles. The Morgan fingerprint density at radius 3 is 2.83 bits per heavy atom. The average Bonchev–Trinajstić information content (AvgIpc) is 2.92. The molecular formula is C14H20ClNOS. The molecule has 0 spiro atoms. The summed E-state index contributed by atoms with van der Waals surface area (Å²) in [6.45, 7) is 4.14. The van der Waals surface area contributed by atoms with E-state index in [9.17, 15) is 4.79 Å². The van der Waals surface area contributed by atoms with E-state index in [1.807, 2.05) is 24.8 Å². The Morgan fingerprint density at radius 2 is 2.22 bits per heavy atom. The number of nitrogens with zero attached hydrogens (tertiary/aromatic N) is 1. The van der Waals surface area contributed by atoms with Gasteiger partial charge in [-0.15, -0.1) is 11.6 Å². The highest BCUT2D eigenvalue weighted by molar-refractivity contribution is 7.99. The summed E-state index contributed by atoms with van der Waals surface area (Å²) in [6.07, 6.45) is 5.96. The summed E-state index contributed by atoms with van der Waals surface area (Å²) in [7, 11) is 0. The van der Waals surface area contributed by atoms with Crippen molar-refractivity contribution in [2.45, 2.75) is 44.4 Å². The van der Waals surface area contributed by atoms with Crippen LogP contribution >= 0.6 is 23.4 Å². The van der Waals surface area contributed by atoms with Crippen LogP contribution in [0.3, 0.4) is 0 Å². The highest BCUT2D eigenvalue weighted by Crippen LogP contribution is 2.39. The van der Waals surface area contributed by atoms with Crippen LogP contribution in [-0.2, 0) is 0 Å². The molecule has 1 aromatic heterocycles. The number of ketones is 1. The van der Waals surface area contributed by atoms with Gasteiger partial charge in [-0.2, -0.15) is 11.8 Å². The van der Waals surface area contributed by atoms with Gasteiger partial charge in [0.2, 0.25) is 0 Å². The Labute approximate surface area is 118 Å². The fourth-order valence-electron chi connectivity index (χ4n) is 3.12. The Morgan fingerprint density at radius 1 is 1.50 bits per heavy atom. The van der Waals surface area contributed by atoms with Crippen molar-refractivity contribution in [1.29, 1.82) is 0 Å². The first-order chi connectivity index (χ1) is 8.60. The van der Waals surface area contributed by atoms with Gasteiger partial charge >= 0.3 is 0 Å². The number of hydrogen-bond donors (Lipinski definition) is 0. The predicted octanol–water partition coefficient (Wildman–Crippen LogP) is 3.98. The molecule has 0 N–H and O–H groups in total. The van der Waals surface area contributed by atoms with Crippen LogP contribution in [0, 0.1) is 13.8 Å². The molecule has 2 unspecified atom stereocenters. The maximum Gasteiger partial charge on any atom is 0.179 e. The van der Waals surface area contributed by atoms with Crippen LogP contribution < -0.4 is 0 Å². The standard InChI is InChI=1S/C14H20ClNOS/c1-9-7-11(13(17)8-15)10(2)16(9)12-5-4-6-14(12)18-3/h7,12,14H,4-6,8H2,1-3H3. The molecule has 0 saturated heterocycles. The van der Waals surface area contributed by atoms with E-state index in [1.54, 1.807) is 0 Å². The van der Waals surface area contributed by atoms with Crippen molar-refractivity contribution in [2.75, 3.05) is 12.1 Å². The number of aryl methyl sites for hydroxylation is 1. The molecule has 0 radical (unpaired) electrons. The van der Waals surface area contributed by atoms with Crippen molar-refractivity contribution in [3.05, 3.63) is 23.0 Å². The minimum atomic E-state index is 0.0368. The first-order valence-corrected chi connectivity index (χ1v) is 8.22. The van der Waals surface area contributed by atoms with Crippen molar-refractivity contribution in [3.8, 4) is 0 Å². The summed E-state index contributed by atoms with van der Waals surface area (Å²) in [5.74, 6) is 0.107. The number of rotatable bonds is 4. The van der Waals surface area contributed by atoms with Gasteiger partial charge in [-0.1, -0.05) is 6.42 Å². The molecule has 18 heavy (non-hydrogen) atoms. The van der Waals surface area contributed by atoms with E-state index < -0.39 is 0 Å². The summed E-state index contributed by atoms with van der Waals surface area (Å²) in [5.41, 5.74) is 3.07. The van der Waals surface area contributed by atoms with Crippen LogP contribution in [0.2, 0.25) is 0 Å². The second-order valence-corrected chi connectivity index (χ2v) is 6.33. The minimum Gasteiger partial charge on any atom is -0.344 e. The van der Waals surface area contributed by atoms with Crippen LogP contribution in [0.1, 0.15) is 47.1 Å². The number of Topliss-reactive ketones (excluding diaryl/α,β-unsaturated/α-hetero) is 1. The zero-order valence-electron chi connectivity index (χ0n) is 11.2. The van der Waals surface area contributed by atoms with Gasteiger partial charge in [-0.3, -0.25) is 4.79 Å². The van der Waals surface area contributed by atoms with Crippen molar-refractivity contribution >= 4 is 29.1 Å². The number of aromatic nitrogens is 1. The summed E-state index contributed by atoms with van der Waals surface area (Å²) in [4.78, 5) is 11.8. The highest BCUT2D eigenvalue weighted by atomic mass is 35.5. The molecule has 0 bridgehead atoms. The number of carbonyl (C=O) groups excluding carboxylic acids is 1. The summed E-state index contributed by atoms with van der Waals surface area (Å²) in [6, 6.07) is 2.53. The van der Waals surface area contributed by atoms with Gasteiger partial charge in [0.1, 0.15) is 0 Å². The third kappa shape index (κ3) is 2.35. The molecule has 1 aliphatic rings. The molecule has 2 nitrogen and oxygen atoms in total. The molecule has 1 heterocycles. The SMILES string of the molecule is CSC1CCCC1n1c(C)cc(C(=O)CCl)c1C. The number of hydrogen-bond acceptors (Lipinski definition) is 2. The lowest BCUT2D eigenvalue weighted by molar-refractivity contribution is 0.102. The number of thioether (sulfide) groups is 1. The van der Waals surface area contributed by atoms with Crippen LogP contribution in [0.25, 0.3) is 0 Å². The Balaban J connectivity index is 2.39. The molecule has 0 amide bonds. The Kier molecular flexibility index (Phi) is 4.44. The topological polar surface area (TPSA) is 22.0 Å². The molecular weight excluding hydrogens is 266 g/mol. The van der Waals surface area contributed by atoms with Gasteiger partial charge in [-0.05, 0) is 39.0 Å². The third-order valence-electron chi connectivity index (χ3n) is 3.96. The van der Waals surface area contributed by atoms with Crippen molar-refractivity contribution in [1.82, 2.24) is 4.57 Å². The van der Waals surface area contributed by atoms with Crippen LogP contribution in [0.5, 0.6) is 0 Å². The average molecular weight is 286 g/mol. The molecule has 1 saturated carbocycles. The van der Waals surface area contributed by atoms with E-state index in [4.69, 9.17) is 11.6 Å². The van der Waals surface area contributed by atoms with E-state index >= 15 is 0 Å². The van der Waals surface area contributed by atoms with Crippen LogP contribution in [0.4, 0.5) is 0 Å². The Hall–Kier alpha value is -0.410. The molecule has 2 atom stereocenters. The van der Waals surface area contributed by atoms with E-state index in [1.165, 1.54) is 25.0 Å². The monoisotopic (exact) mass is 285 g/mol. The molecule has 100 valence electrons. The second-order valence-electron chi connectivity index (χ2n) is 4.98. The summed E-state index contributed by atoms with van der Waals surface area (Å²) in [5, 5.41) is 0.675. The van der Waals surface area contributed by atoms with Crippen molar-refractivity contribution < 1.29 is 4.79 Å². The van der Waals surface area contributed by atoms with E-state index in [0.29, 0.717) is 11.3 Å². The fourth-order valence-corrected chi connectivity index (χ4v) is 4.24. The largest absolute Gasteiger partial charge is 0.344 e. The van der Waals surface area contributed by atoms with Gasteiger partial charge in [0, 0.05) is 28.2 Å². The van der Waals surface area contributed by atoms with Gasteiger partial charge in [0.05, 0.1) is 5.88 Å². The maximum absolute atomic E-state index is 11.8. The van der Waals surface area contributed by atoms with Gasteiger partial charge in [-0.25, -0.2) is 0 Å². The molecule has 1 aliphatic carbocycles. The number of halogens is 1. The minimum absolute atomic E-state index is 0.0368. The first kappa shape index (κ1) is 14.0. The number of carbonyl (C=O) groups is 1. The van der Waals surface area contributed by atoms with E-state index in [-0.39, 0.29) is 11.7 Å². The molecule has 1 aromatic rings. The maximum atomic E-state index is 11.8. The molecule has 1 fully saturated rings. The zero-order chi connectivity index (χ0) is 13.3. The fraction of sp³-hybridized carbons (Fsp3) is 0.643. The predicted molar refractivity (Wildman–Crippen MR) is 79.1 cm³/mol. The van der Waals surface area contributed by atoms with Crippen LogP contribution in [-0.4, -0.2) is 27.7 Å². The molecule has 2 rings (SSSR count). The zero-order valence-corrected chi connectivity index (χ0v) is 12.8. The Bertz CT molecular complexity index is 455. The van der Waals surface area contributed by atoms with Gasteiger partial charge in [0.25, 0.3) is 0 Å². The molecule has 0 aromatic carbocycles. The van der Waals surface area contributed by atoms with Crippen molar-refractivity contribution in [2.24, 2.45) is 0 Å². The number of alkyl halides is 1. The molecule has 4 heteroatoms. The lowest BCUT2D eigenvalue weighted by atomic mass is 10.1. The smallest absolute Gasteiger partial charge is 0.179 e. The normalized spacial score (nSPS) is 23.6. The van der Waals surface area contributed by atoms with E-state index in [0.717, 1.165) is 11.3 Å².